The number of nitrogens with zero attached hydrogens (tertiary/aromatic N) is 2. The van der Waals surface area contributed by atoms with Crippen LogP contribution in [0.5, 0.6) is 0 Å². The molecule has 1 aromatic heterocycles. The summed E-state index contributed by atoms with van der Waals surface area (Å²) in [6.45, 7) is 1.85. The van der Waals surface area contributed by atoms with Gasteiger partial charge in [-0.05, 0) is 6.92 Å². The first-order valence-corrected chi connectivity index (χ1v) is 3.30. The molecular formula is C4H5BrN2O. The molecule has 0 aliphatic heterocycles. The van der Waals surface area contributed by atoms with Crippen LogP contribution < -0.4 is 0 Å². The standard InChI is InChI=1S/C4H5BrN2O/c1-3-4(2-5)7-8-6-3/h2H2,1H3. The highest BCUT2D eigenvalue weighted by Crippen LogP contribution is 2.03. The van der Waals surface area contributed by atoms with Crippen molar-refractivity contribution >= 4 is 15.9 Å². The van der Waals surface area contributed by atoms with E-state index in [9.17, 15) is 0 Å². The van der Waals surface area contributed by atoms with Crippen LogP contribution in [-0.4, -0.2) is 10.3 Å². The number of hydrogen-bond acceptors (Lipinski definition) is 3. The smallest absolute Gasteiger partial charge is 0.118 e. The molecule has 0 spiro atoms. The number of halogens is 1. The van der Waals surface area contributed by atoms with Gasteiger partial charge >= 0.3 is 0 Å². The van der Waals surface area contributed by atoms with Crippen LogP contribution in [-0.2, 0) is 5.33 Å². The van der Waals surface area contributed by atoms with Crippen molar-refractivity contribution in [2.24, 2.45) is 0 Å². The van der Waals surface area contributed by atoms with Crippen molar-refractivity contribution < 1.29 is 4.63 Å². The van der Waals surface area contributed by atoms with Crippen molar-refractivity contribution in [1.82, 2.24) is 10.3 Å². The first-order chi connectivity index (χ1) is 3.84. The van der Waals surface area contributed by atoms with E-state index in [1.165, 1.54) is 0 Å². The Morgan fingerprint density at radius 3 is 2.62 bits per heavy atom. The molecule has 0 aliphatic rings. The summed E-state index contributed by atoms with van der Waals surface area (Å²) in [6, 6.07) is 0. The minimum absolute atomic E-state index is 0.711. The summed E-state index contributed by atoms with van der Waals surface area (Å²) < 4.78 is 4.41. The molecule has 0 fully saturated rings. The summed E-state index contributed by atoms with van der Waals surface area (Å²) in [5, 5.41) is 7.88. The zero-order valence-corrected chi connectivity index (χ0v) is 5.97. The third-order valence-corrected chi connectivity index (χ3v) is 1.40. The second-order valence-corrected chi connectivity index (χ2v) is 1.99. The van der Waals surface area contributed by atoms with E-state index in [4.69, 9.17) is 0 Å². The molecule has 0 amide bonds. The maximum absolute atomic E-state index is 4.41. The minimum Gasteiger partial charge on any atom is -0.244 e. The summed E-state index contributed by atoms with van der Waals surface area (Å²) in [5.41, 5.74) is 1.71. The predicted molar refractivity (Wildman–Crippen MR) is 31.7 cm³/mol. The van der Waals surface area contributed by atoms with Crippen LogP contribution in [0, 0.1) is 6.92 Å². The maximum Gasteiger partial charge on any atom is 0.118 e. The fraction of sp³-hybridized carbons (Fsp3) is 0.500. The summed E-state index contributed by atoms with van der Waals surface area (Å²) >= 11 is 3.22. The van der Waals surface area contributed by atoms with Gasteiger partial charge < -0.3 is 0 Å². The Morgan fingerprint density at radius 2 is 2.38 bits per heavy atom. The lowest BCUT2D eigenvalue weighted by atomic mass is 10.4. The average Bonchev–Trinajstić information content (AvgIpc) is 2.14. The molecule has 44 valence electrons. The van der Waals surface area contributed by atoms with E-state index in [1.54, 1.807) is 0 Å². The number of hydrogen-bond donors (Lipinski definition) is 0. The van der Waals surface area contributed by atoms with E-state index in [-0.39, 0.29) is 0 Å². The molecule has 0 saturated heterocycles. The zero-order chi connectivity index (χ0) is 5.98. The van der Waals surface area contributed by atoms with Gasteiger partial charge in [-0.3, -0.25) is 0 Å². The van der Waals surface area contributed by atoms with E-state index in [2.05, 4.69) is 30.9 Å². The third kappa shape index (κ3) is 0.888. The van der Waals surface area contributed by atoms with Gasteiger partial charge in [0, 0.05) is 0 Å². The second-order valence-electron chi connectivity index (χ2n) is 1.43. The van der Waals surface area contributed by atoms with Crippen molar-refractivity contribution in [2.75, 3.05) is 0 Å². The van der Waals surface area contributed by atoms with Gasteiger partial charge in [0.2, 0.25) is 0 Å². The lowest BCUT2D eigenvalue weighted by Crippen LogP contribution is -1.78. The Bertz CT molecular complexity index is 174. The lowest BCUT2D eigenvalue weighted by molar-refractivity contribution is 0.302. The van der Waals surface area contributed by atoms with Gasteiger partial charge in [0.25, 0.3) is 0 Å². The Kier molecular flexibility index (Phi) is 1.62. The molecule has 8 heavy (non-hydrogen) atoms. The van der Waals surface area contributed by atoms with E-state index in [1.807, 2.05) is 6.92 Å². The average molecular weight is 177 g/mol. The number of aromatic nitrogens is 2. The molecule has 1 heterocycles. The minimum atomic E-state index is 0.711. The van der Waals surface area contributed by atoms with Crippen LogP contribution in [0.15, 0.2) is 4.63 Å². The van der Waals surface area contributed by atoms with Gasteiger partial charge in [-0.1, -0.05) is 26.2 Å². The number of aryl methyl sites for hydroxylation is 1. The van der Waals surface area contributed by atoms with Crippen LogP contribution in [0.4, 0.5) is 0 Å². The lowest BCUT2D eigenvalue weighted by Gasteiger charge is -1.78. The summed E-state index contributed by atoms with van der Waals surface area (Å²) in [6.07, 6.45) is 0. The largest absolute Gasteiger partial charge is 0.244 e. The van der Waals surface area contributed by atoms with Crippen LogP contribution in [0.3, 0.4) is 0 Å². The fourth-order valence-electron chi connectivity index (χ4n) is 0.371. The van der Waals surface area contributed by atoms with E-state index in [0.717, 1.165) is 11.4 Å². The van der Waals surface area contributed by atoms with Gasteiger partial charge in [0.15, 0.2) is 0 Å². The van der Waals surface area contributed by atoms with Gasteiger partial charge in [-0.15, -0.1) is 0 Å². The summed E-state index contributed by atoms with van der Waals surface area (Å²) in [7, 11) is 0. The Labute approximate surface area is 55.2 Å². The highest BCUT2D eigenvalue weighted by atomic mass is 79.9. The van der Waals surface area contributed by atoms with Crippen molar-refractivity contribution in [1.29, 1.82) is 0 Å². The van der Waals surface area contributed by atoms with Crippen molar-refractivity contribution in [3.05, 3.63) is 11.4 Å². The molecule has 0 aromatic carbocycles. The van der Waals surface area contributed by atoms with Crippen molar-refractivity contribution in [3.8, 4) is 0 Å². The van der Waals surface area contributed by atoms with Crippen LogP contribution >= 0.6 is 15.9 Å². The fourth-order valence-corrected chi connectivity index (χ4v) is 0.879. The molecule has 0 bridgehead atoms. The monoisotopic (exact) mass is 176 g/mol. The molecule has 0 radical (unpaired) electrons. The molecule has 0 atom stereocenters. The van der Waals surface area contributed by atoms with Gasteiger partial charge in [-0.2, -0.15) is 0 Å². The number of alkyl halides is 1. The van der Waals surface area contributed by atoms with Gasteiger partial charge in [0.05, 0.1) is 5.33 Å². The van der Waals surface area contributed by atoms with E-state index in [0.29, 0.717) is 5.33 Å². The predicted octanol–water partition coefficient (Wildman–Crippen LogP) is 1.27. The van der Waals surface area contributed by atoms with E-state index >= 15 is 0 Å². The third-order valence-electron chi connectivity index (χ3n) is 0.873. The Hall–Kier alpha value is -0.380. The first kappa shape index (κ1) is 5.75. The molecule has 1 rings (SSSR count). The first-order valence-electron chi connectivity index (χ1n) is 2.18. The molecule has 4 heteroatoms. The Morgan fingerprint density at radius 1 is 1.62 bits per heavy atom. The molecule has 1 aromatic rings. The highest BCUT2D eigenvalue weighted by molar-refractivity contribution is 9.08. The van der Waals surface area contributed by atoms with Gasteiger partial charge in [0.1, 0.15) is 11.4 Å². The molecule has 0 unspecified atom stereocenters. The number of rotatable bonds is 1. The second kappa shape index (κ2) is 2.26. The molecule has 0 N–H and O–H groups in total. The quantitative estimate of drug-likeness (QED) is 0.606. The highest BCUT2D eigenvalue weighted by Gasteiger charge is 1.99. The SMILES string of the molecule is Cc1nonc1CBr. The Balaban J connectivity index is 2.92. The summed E-state index contributed by atoms with van der Waals surface area (Å²) in [4.78, 5) is 0. The normalized spacial score (nSPS) is 9.75. The van der Waals surface area contributed by atoms with Crippen LogP contribution in [0.2, 0.25) is 0 Å². The van der Waals surface area contributed by atoms with Gasteiger partial charge in [-0.25, -0.2) is 4.63 Å². The molecule has 0 saturated carbocycles. The summed E-state index contributed by atoms with van der Waals surface area (Å²) in [5.74, 6) is 0. The zero-order valence-electron chi connectivity index (χ0n) is 4.39. The maximum atomic E-state index is 4.41. The molecule has 0 aliphatic carbocycles. The molecular weight excluding hydrogens is 172 g/mol. The molecule has 3 nitrogen and oxygen atoms in total. The van der Waals surface area contributed by atoms with Crippen molar-refractivity contribution in [3.63, 3.8) is 0 Å². The van der Waals surface area contributed by atoms with Crippen molar-refractivity contribution in [2.45, 2.75) is 12.3 Å². The van der Waals surface area contributed by atoms with E-state index < -0.39 is 0 Å². The van der Waals surface area contributed by atoms with Crippen LogP contribution in [0.25, 0.3) is 0 Å². The van der Waals surface area contributed by atoms with Crippen LogP contribution in [0.1, 0.15) is 11.4 Å². The topological polar surface area (TPSA) is 38.9 Å².